The van der Waals surface area contributed by atoms with E-state index >= 15 is 0 Å². The topological polar surface area (TPSA) is 194 Å². The van der Waals surface area contributed by atoms with Crippen molar-refractivity contribution in [2.45, 2.75) is 0 Å². The van der Waals surface area contributed by atoms with E-state index < -0.39 is 0 Å². The number of hydrogen-bond acceptors (Lipinski definition) is 12. The molecule has 0 radical (unpaired) electrons. The van der Waals surface area contributed by atoms with Crippen LogP contribution in [0.25, 0.3) is 222 Å². The standard InChI is InChI=1S/4C29H19N5/c4*1-2-6-21(7-3-1)33-24-9-5-4-8-23(24)27-25(33)10-11-26-28(27)32-29(20-12-16-30-17-13-20)34(26)22-14-18-31-19-15-22/h4*1-19H. The van der Waals surface area contributed by atoms with E-state index in [0.29, 0.717) is 0 Å². The highest BCUT2D eigenvalue weighted by Gasteiger charge is 2.28. The van der Waals surface area contributed by atoms with Gasteiger partial charge in [-0.2, -0.15) is 0 Å². The van der Waals surface area contributed by atoms with Gasteiger partial charge in [0.1, 0.15) is 23.3 Å². The summed E-state index contributed by atoms with van der Waals surface area (Å²) in [6, 6.07) is 126. The molecule has 20 heteroatoms. The molecule has 136 heavy (non-hydrogen) atoms. The highest BCUT2D eigenvalue weighted by Crippen LogP contribution is 2.46. The molecule has 0 N–H and O–H groups in total. The molecule has 0 atom stereocenters. The van der Waals surface area contributed by atoms with Gasteiger partial charge in [-0.05, 0) is 218 Å². The van der Waals surface area contributed by atoms with Gasteiger partial charge >= 0.3 is 0 Å². The number of para-hydroxylation sites is 8. The molecule has 28 aromatic rings. The maximum Gasteiger partial charge on any atom is 0.145 e. The van der Waals surface area contributed by atoms with E-state index in [-0.39, 0.29) is 0 Å². The predicted octanol–water partition coefficient (Wildman–Crippen LogP) is 26.3. The normalized spacial score (nSPS) is 11.5. The van der Waals surface area contributed by atoms with Gasteiger partial charge < -0.3 is 18.3 Å². The van der Waals surface area contributed by atoms with E-state index in [4.69, 9.17) is 19.9 Å². The SMILES string of the molecule is c1ccc(-n2c3ccccc3c3c4nc(-c5ccncc5)n(-c5ccncc5)c4ccc32)cc1.c1ccc(-n2c3ccccc3c3c4nc(-c5ccncc5)n(-c5ccncc5)c4ccc32)cc1.c1ccc(-n2c3ccccc3c3c4nc(-c5ccncc5)n(-c5ccncc5)c4ccc32)cc1.c1ccc(-n2c3ccccc3c3c4nc(-c5ccncc5)n(-c5ccncc5)c4ccc32)cc1. The van der Waals surface area contributed by atoms with Crippen LogP contribution in [0.1, 0.15) is 0 Å². The quantitative estimate of drug-likeness (QED) is 0.112. The van der Waals surface area contributed by atoms with Crippen LogP contribution in [-0.4, -0.2) is 96.3 Å². The lowest BCUT2D eigenvalue weighted by molar-refractivity contribution is 1.09. The van der Waals surface area contributed by atoms with Crippen LogP contribution >= 0.6 is 0 Å². The van der Waals surface area contributed by atoms with Crippen molar-refractivity contribution in [3.8, 4) is 91.1 Å². The van der Waals surface area contributed by atoms with Crippen molar-refractivity contribution >= 4 is 131 Å². The summed E-state index contributed by atoms with van der Waals surface area (Å²) < 4.78 is 18.1. The Morgan fingerprint density at radius 3 is 0.485 bits per heavy atom. The van der Waals surface area contributed by atoms with Gasteiger partial charge in [0.2, 0.25) is 0 Å². The molecule has 16 aromatic heterocycles. The van der Waals surface area contributed by atoms with E-state index in [1.165, 1.54) is 43.6 Å². The smallest absolute Gasteiger partial charge is 0.145 e. The fourth-order valence-corrected chi connectivity index (χ4v) is 19.6. The van der Waals surface area contributed by atoms with Crippen molar-refractivity contribution in [3.63, 3.8) is 0 Å². The zero-order valence-electron chi connectivity index (χ0n) is 72.8. The van der Waals surface area contributed by atoms with Gasteiger partial charge in [0.15, 0.2) is 0 Å². The largest absolute Gasteiger partial charge is 0.309 e. The first-order valence-electron chi connectivity index (χ1n) is 44.8. The first-order chi connectivity index (χ1) is 67.6. The molecule has 0 saturated carbocycles. The van der Waals surface area contributed by atoms with Crippen LogP contribution < -0.4 is 0 Å². The van der Waals surface area contributed by atoms with E-state index in [1.54, 1.807) is 0 Å². The average molecular weight is 1750 g/mol. The molecular weight excluding hydrogens is 1670 g/mol. The molecule has 0 aliphatic carbocycles. The van der Waals surface area contributed by atoms with E-state index in [2.05, 4.69) is 319 Å². The second kappa shape index (κ2) is 33.8. The molecule has 0 fully saturated rings. The van der Waals surface area contributed by atoms with Crippen LogP contribution in [0.2, 0.25) is 0 Å². The van der Waals surface area contributed by atoms with Crippen molar-refractivity contribution in [3.05, 3.63) is 463 Å². The summed E-state index contributed by atoms with van der Waals surface area (Å²) in [4.78, 5) is 54.7. The molecule has 20 nitrogen and oxygen atoms in total. The lowest BCUT2D eigenvalue weighted by Gasteiger charge is -2.09. The number of nitrogens with zero attached hydrogens (tertiary/aromatic N) is 20. The summed E-state index contributed by atoms with van der Waals surface area (Å²) in [5, 5.41) is 9.36. The molecule has 640 valence electrons. The molecule has 28 rings (SSSR count). The third-order valence-corrected chi connectivity index (χ3v) is 25.3. The lowest BCUT2D eigenvalue weighted by Crippen LogP contribution is -1.97. The molecule has 16 heterocycles. The van der Waals surface area contributed by atoms with Crippen molar-refractivity contribution in [2.75, 3.05) is 0 Å². The Hall–Kier alpha value is -19.1. The van der Waals surface area contributed by atoms with Crippen molar-refractivity contribution in [1.29, 1.82) is 0 Å². The maximum absolute atomic E-state index is 5.25. The predicted molar refractivity (Wildman–Crippen MR) is 546 cm³/mol. The Morgan fingerprint density at radius 1 is 0.125 bits per heavy atom. The Labute approximate surface area is 776 Å². The van der Waals surface area contributed by atoms with Crippen LogP contribution in [0, 0.1) is 0 Å². The summed E-state index contributed by atoms with van der Waals surface area (Å²) in [6.07, 6.45) is 29.0. The zero-order valence-corrected chi connectivity index (χ0v) is 72.8. The fourth-order valence-electron chi connectivity index (χ4n) is 19.6. The second-order valence-corrected chi connectivity index (χ2v) is 32.9. The molecular formula is C116H76N20. The number of aromatic nitrogens is 20. The minimum Gasteiger partial charge on any atom is -0.309 e. The van der Waals surface area contributed by atoms with Gasteiger partial charge in [-0.3, -0.25) is 58.1 Å². The molecule has 0 aliphatic heterocycles. The first-order valence-corrected chi connectivity index (χ1v) is 44.8. The third kappa shape index (κ3) is 13.5. The summed E-state index contributed by atoms with van der Waals surface area (Å²) in [5.74, 6) is 3.53. The number of hydrogen-bond donors (Lipinski definition) is 0. The molecule has 0 saturated heterocycles. The summed E-state index contributed by atoms with van der Waals surface area (Å²) in [7, 11) is 0. The Morgan fingerprint density at radius 2 is 0.287 bits per heavy atom. The Bertz CT molecular complexity index is 8210. The number of pyridine rings is 8. The monoisotopic (exact) mass is 1750 g/mol. The van der Waals surface area contributed by atoms with Crippen LogP contribution in [0.3, 0.4) is 0 Å². The minimum atomic E-state index is 0.882. The Balaban J connectivity index is 0.0000000965. The molecule has 0 spiro atoms. The first kappa shape index (κ1) is 79.1. The van der Waals surface area contributed by atoms with Gasteiger partial charge in [0, 0.05) is 187 Å². The number of benzene rings is 12. The van der Waals surface area contributed by atoms with Crippen LogP contribution in [0.5, 0.6) is 0 Å². The van der Waals surface area contributed by atoms with Gasteiger partial charge in [-0.1, -0.05) is 146 Å². The second-order valence-electron chi connectivity index (χ2n) is 32.9. The summed E-state index contributed by atoms with van der Waals surface area (Å²) in [5.41, 5.74) is 30.1. The third-order valence-electron chi connectivity index (χ3n) is 25.3. The summed E-state index contributed by atoms with van der Waals surface area (Å²) >= 11 is 0. The van der Waals surface area contributed by atoms with Gasteiger partial charge in [0.05, 0.1) is 111 Å². The van der Waals surface area contributed by atoms with Crippen molar-refractivity contribution in [1.82, 2.24) is 96.3 Å². The molecule has 0 aliphatic rings. The maximum atomic E-state index is 5.25. The highest BCUT2D eigenvalue weighted by molar-refractivity contribution is 6.24. The average Bonchev–Trinajstić information content (AvgIpc) is 1.57. The minimum absolute atomic E-state index is 0.882. The lowest BCUT2D eigenvalue weighted by atomic mass is 10.1. The van der Waals surface area contributed by atoms with E-state index in [1.807, 2.05) is 220 Å². The number of rotatable bonds is 12. The molecule has 0 unspecified atom stereocenters. The van der Waals surface area contributed by atoms with Crippen LogP contribution in [-0.2, 0) is 0 Å². The summed E-state index contributed by atoms with van der Waals surface area (Å²) in [6.45, 7) is 0. The van der Waals surface area contributed by atoms with Gasteiger partial charge in [-0.25, -0.2) is 19.9 Å². The van der Waals surface area contributed by atoms with Crippen LogP contribution in [0.15, 0.2) is 463 Å². The van der Waals surface area contributed by atoms with Gasteiger partial charge in [0.25, 0.3) is 0 Å². The van der Waals surface area contributed by atoms with E-state index in [0.717, 1.165) is 179 Å². The van der Waals surface area contributed by atoms with Gasteiger partial charge in [-0.15, -0.1) is 0 Å². The number of imidazole rings is 4. The van der Waals surface area contributed by atoms with Crippen molar-refractivity contribution in [2.24, 2.45) is 0 Å². The molecule has 0 amide bonds. The van der Waals surface area contributed by atoms with Crippen LogP contribution in [0.4, 0.5) is 0 Å². The van der Waals surface area contributed by atoms with E-state index in [9.17, 15) is 0 Å². The fraction of sp³-hybridized carbons (Fsp3) is 0. The Kier molecular flexibility index (Phi) is 19.6. The molecule has 0 bridgehead atoms. The molecule has 12 aromatic carbocycles. The number of fused-ring (bicyclic) bond motifs is 20. The highest BCUT2D eigenvalue weighted by atomic mass is 15.1. The van der Waals surface area contributed by atoms with Crippen molar-refractivity contribution < 1.29 is 0 Å². The zero-order chi connectivity index (χ0) is 89.9.